The lowest BCUT2D eigenvalue weighted by Crippen LogP contribution is -2.54. The summed E-state index contributed by atoms with van der Waals surface area (Å²) in [7, 11) is 0. The van der Waals surface area contributed by atoms with Crippen LogP contribution in [0.25, 0.3) is 0 Å². The van der Waals surface area contributed by atoms with E-state index in [-0.39, 0.29) is 24.0 Å². The first-order valence-corrected chi connectivity index (χ1v) is 16.3. The smallest absolute Gasteiger partial charge is 0.408 e. The van der Waals surface area contributed by atoms with Crippen molar-refractivity contribution in [3.8, 4) is 5.75 Å². The predicted molar refractivity (Wildman–Crippen MR) is 177 cm³/mol. The highest BCUT2D eigenvalue weighted by atomic mass is 16.6. The zero-order chi connectivity index (χ0) is 32.7. The first-order valence-electron chi connectivity index (χ1n) is 16.3. The number of nitrogens with one attached hydrogen (secondary N) is 2. The third-order valence-corrected chi connectivity index (χ3v) is 7.61. The van der Waals surface area contributed by atoms with Crippen LogP contribution in [0, 0.1) is 13.8 Å². The molecule has 244 valence electrons. The number of amides is 3. The molecule has 0 aromatic heterocycles. The standard InChI is InChI=1S/C36H55N3O5/c1-8-10-12-13-14-15-24-39(32(33(41)37-23-11-9-2)31-26(3)17-16-18-27(31)4)34(42)30(38-35(43)44-36(5,6)7)25-28-19-21-29(40)22-20-28/h16-22,30,32,40H,8-15,23-25H2,1-7H3,(H,37,41)(H,38,43). The van der Waals surface area contributed by atoms with Crippen molar-refractivity contribution in [1.29, 1.82) is 0 Å². The molecule has 8 heteroatoms. The van der Waals surface area contributed by atoms with Gasteiger partial charge in [0.25, 0.3) is 0 Å². The normalized spacial score (nSPS) is 12.7. The van der Waals surface area contributed by atoms with Crippen LogP contribution >= 0.6 is 0 Å². The van der Waals surface area contributed by atoms with Crippen molar-refractivity contribution in [2.75, 3.05) is 13.1 Å². The molecule has 2 unspecified atom stereocenters. The number of carbonyl (C=O) groups is 3. The second-order valence-electron chi connectivity index (χ2n) is 12.7. The van der Waals surface area contributed by atoms with E-state index in [2.05, 4.69) is 24.5 Å². The highest BCUT2D eigenvalue weighted by Crippen LogP contribution is 2.30. The molecule has 0 aliphatic rings. The number of aryl methyl sites for hydroxylation is 2. The molecule has 0 aliphatic heterocycles. The summed E-state index contributed by atoms with van der Waals surface area (Å²) in [5.41, 5.74) is 2.66. The molecular weight excluding hydrogens is 554 g/mol. The van der Waals surface area contributed by atoms with Crippen LogP contribution in [0.2, 0.25) is 0 Å². The van der Waals surface area contributed by atoms with Crippen molar-refractivity contribution in [1.82, 2.24) is 15.5 Å². The fourth-order valence-corrected chi connectivity index (χ4v) is 5.32. The third-order valence-electron chi connectivity index (χ3n) is 7.61. The van der Waals surface area contributed by atoms with Crippen molar-refractivity contribution >= 4 is 17.9 Å². The lowest BCUT2D eigenvalue weighted by Gasteiger charge is -2.36. The minimum Gasteiger partial charge on any atom is -0.508 e. The van der Waals surface area contributed by atoms with E-state index in [1.165, 1.54) is 6.42 Å². The van der Waals surface area contributed by atoms with Gasteiger partial charge in [-0.1, -0.05) is 82.7 Å². The maximum Gasteiger partial charge on any atom is 0.408 e. The van der Waals surface area contributed by atoms with Crippen molar-refractivity contribution in [2.45, 2.75) is 124 Å². The fourth-order valence-electron chi connectivity index (χ4n) is 5.32. The minimum atomic E-state index is -0.996. The second-order valence-corrected chi connectivity index (χ2v) is 12.7. The summed E-state index contributed by atoms with van der Waals surface area (Å²) in [6, 6.07) is 10.6. The van der Waals surface area contributed by atoms with Crippen LogP contribution in [0.1, 0.15) is 114 Å². The predicted octanol–water partition coefficient (Wildman–Crippen LogP) is 7.29. The molecule has 3 N–H and O–H groups in total. The number of unbranched alkanes of at least 4 members (excludes halogenated alkanes) is 6. The Bertz CT molecular complexity index is 1170. The largest absolute Gasteiger partial charge is 0.508 e. The minimum absolute atomic E-state index is 0.111. The zero-order valence-corrected chi connectivity index (χ0v) is 28.0. The van der Waals surface area contributed by atoms with E-state index < -0.39 is 23.8 Å². The number of hydrogen-bond donors (Lipinski definition) is 3. The molecule has 2 atom stereocenters. The molecule has 0 bridgehead atoms. The molecule has 0 saturated heterocycles. The summed E-state index contributed by atoms with van der Waals surface area (Å²) < 4.78 is 5.55. The maximum atomic E-state index is 14.7. The number of alkyl carbamates (subject to hydrolysis) is 1. The Kier molecular flexibility index (Phi) is 15.2. The first-order chi connectivity index (χ1) is 20.9. The van der Waals surface area contributed by atoms with E-state index in [9.17, 15) is 19.5 Å². The second kappa shape index (κ2) is 18.3. The Hall–Kier alpha value is -3.55. The summed E-state index contributed by atoms with van der Waals surface area (Å²) in [4.78, 5) is 43.4. The summed E-state index contributed by atoms with van der Waals surface area (Å²) in [5.74, 6) is -0.466. The van der Waals surface area contributed by atoms with Gasteiger partial charge in [0, 0.05) is 19.5 Å². The van der Waals surface area contributed by atoms with E-state index >= 15 is 0 Å². The van der Waals surface area contributed by atoms with Crippen molar-refractivity contribution in [2.24, 2.45) is 0 Å². The van der Waals surface area contributed by atoms with Gasteiger partial charge < -0.3 is 25.4 Å². The number of nitrogens with zero attached hydrogens (tertiary/aromatic N) is 1. The van der Waals surface area contributed by atoms with Crippen molar-refractivity contribution in [3.63, 3.8) is 0 Å². The number of carbonyl (C=O) groups excluding carboxylic acids is 3. The Labute approximate surface area is 264 Å². The van der Waals surface area contributed by atoms with Gasteiger partial charge in [-0.05, 0) is 81.8 Å². The molecule has 0 radical (unpaired) electrons. The number of hydrogen-bond acceptors (Lipinski definition) is 5. The van der Waals surface area contributed by atoms with E-state index in [1.54, 1.807) is 49.9 Å². The molecule has 2 aromatic carbocycles. The molecule has 0 aliphatic carbocycles. The topological polar surface area (TPSA) is 108 Å². The van der Waals surface area contributed by atoms with Gasteiger partial charge >= 0.3 is 6.09 Å². The van der Waals surface area contributed by atoms with Gasteiger partial charge in [-0.25, -0.2) is 4.79 Å². The third kappa shape index (κ3) is 12.2. The molecule has 2 rings (SSSR count). The van der Waals surface area contributed by atoms with E-state index in [0.29, 0.717) is 13.1 Å². The van der Waals surface area contributed by atoms with E-state index in [1.807, 2.05) is 32.0 Å². The molecule has 0 fully saturated rings. The Morgan fingerprint density at radius 2 is 1.45 bits per heavy atom. The number of aromatic hydroxyl groups is 1. The summed E-state index contributed by atoms with van der Waals surface area (Å²) in [5, 5.41) is 15.7. The zero-order valence-electron chi connectivity index (χ0n) is 28.0. The van der Waals surface area contributed by atoms with Gasteiger partial charge in [0.2, 0.25) is 11.8 Å². The average Bonchev–Trinajstić information content (AvgIpc) is 2.95. The van der Waals surface area contributed by atoms with E-state index in [0.717, 1.165) is 67.2 Å². The van der Waals surface area contributed by atoms with Gasteiger partial charge in [-0.15, -0.1) is 0 Å². The number of benzene rings is 2. The van der Waals surface area contributed by atoms with Crippen LogP contribution in [0.5, 0.6) is 5.75 Å². The molecular formula is C36H55N3O5. The first kappa shape index (κ1) is 36.6. The van der Waals surface area contributed by atoms with Crippen molar-refractivity contribution in [3.05, 3.63) is 64.7 Å². The highest BCUT2D eigenvalue weighted by Gasteiger charge is 2.37. The average molecular weight is 610 g/mol. The van der Waals surface area contributed by atoms with Crippen LogP contribution in [0.4, 0.5) is 4.79 Å². The van der Waals surface area contributed by atoms with Gasteiger partial charge in [-0.3, -0.25) is 9.59 Å². The number of ether oxygens (including phenoxy) is 1. The van der Waals surface area contributed by atoms with Crippen LogP contribution in [-0.4, -0.2) is 52.6 Å². The van der Waals surface area contributed by atoms with Gasteiger partial charge in [0.05, 0.1) is 0 Å². The fraction of sp³-hybridized carbons (Fsp3) is 0.583. The number of phenolic OH excluding ortho intramolecular Hbond substituents is 1. The quantitative estimate of drug-likeness (QED) is 0.163. The molecule has 44 heavy (non-hydrogen) atoms. The van der Waals surface area contributed by atoms with Crippen LogP contribution < -0.4 is 10.6 Å². The van der Waals surface area contributed by atoms with Gasteiger partial charge in [0.15, 0.2) is 0 Å². The molecule has 2 aromatic rings. The summed E-state index contributed by atoms with van der Waals surface area (Å²) in [6.07, 6.45) is 7.40. The van der Waals surface area contributed by atoms with Gasteiger partial charge in [-0.2, -0.15) is 0 Å². The van der Waals surface area contributed by atoms with Crippen LogP contribution in [-0.2, 0) is 20.7 Å². The Balaban J connectivity index is 2.58. The molecule has 0 heterocycles. The Morgan fingerprint density at radius 1 is 0.864 bits per heavy atom. The maximum absolute atomic E-state index is 14.7. The highest BCUT2D eigenvalue weighted by molar-refractivity contribution is 5.92. The SMILES string of the molecule is CCCCCCCCN(C(=O)C(Cc1ccc(O)cc1)NC(=O)OC(C)(C)C)C(C(=O)NCCCC)c1c(C)cccc1C. The number of rotatable bonds is 17. The summed E-state index contributed by atoms with van der Waals surface area (Å²) in [6.45, 7) is 14.4. The molecule has 0 saturated carbocycles. The van der Waals surface area contributed by atoms with Crippen LogP contribution in [0.15, 0.2) is 42.5 Å². The molecule has 8 nitrogen and oxygen atoms in total. The van der Waals surface area contributed by atoms with Crippen LogP contribution in [0.3, 0.4) is 0 Å². The van der Waals surface area contributed by atoms with Gasteiger partial charge in [0.1, 0.15) is 23.4 Å². The monoisotopic (exact) mass is 609 g/mol. The number of phenols is 1. The Morgan fingerprint density at radius 3 is 2.05 bits per heavy atom. The van der Waals surface area contributed by atoms with Crippen molar-refractivity contribution < 1.29 is 24.2 Å². The molecule has 3 amide bonds. The van der Waals surface area contributed by atoms with E-state index in [4.69, 9.17) is 4.74 Å². The summed E-state index contributed by atoms with van der Waals surface area (Å²) >= 11 is 0. The lowest BCUT2D eigenvalue weighted by atomic mass is 9.93. The lowest BCUT2D eigenvalue weighted by molar-refractivity contribution is -0.142. The molecule has 0 spiro atoms.